The zero-order valence-electron chi connectivity index (χ0n) is 9.02. The van der Waals surface area contributed by atoms with E-state index in [9.17, 15) is 9.59 Å². The van der Waals surface area contributed by atoms with Crippen LogP contribution in [0.5, 0.6) is 0 Å². The molecular formula is C12H16O2. The highest BCUT2D eigenvalue weighted by Gasteiger charge is 1.91. The van der Waals surface area contributed by atoms with E-state index in [4.69, 9.17) is 0 Å². The largest absolute Gasteiger partial charge is 0.300 e. The van der Waals surface area contributed by atoms with E-state index in [1.54, 1.807) is 6.92 Å². The first kappa shape index (κ1) is 12.6. The maximum Gasteiger partial charge on any atom is 0.228 e. The maximum atomic E-state index is 11.0. The summed E-state index contributed by atoms with van der Waals surface area (Å²) in [6.07, 6.45) is 3.41. The molecule has 0 saturated heterocycles. The van der Waals surface area contributed by atoms with Gasteiger partial charge in [-0.2, -0.15) is 0 Å². The van der Waals surface area contributed by atoms with Gasteiger partial charge in [-0.1, -0.05) is 11.5 Å². The zero-order valence-corrected chi connectivity index (χ0v) is 9.02. The van der Waals surface area contributed by atoms with Gasteiger partial charge in [0, 0.05) is 12.8 Å². The molecule has 76 valence electrons. The summed E-state index contributed by atoms with van der Waals surface area (Å²) in [5.41, 5.74) is 0.952. The predicted octanol–water partition coefficient (Wildman–Crippen LogP) is 2.28. The molecule has 0 aromatic heterocycles. The third-order valence-electron chi connectivity index (χ3n) is 1.46. The number of carbonyl (C=O) groups excluding carboxylic acids is 2. The monoisotopic (exact) mass is 192 g/mol. The highest BCUT2D eigenvalue weighted by molar-refractivity contribution is 6.04. The molecule has 0 unspecified atom stereocenters. The summed E-state index contributed by atoms with van der Waals surface area (Å²) in [7, 11) is 0. The quantitative estimate of drug-likeness (QED) is 0.296. The minimum Gasteiger partial charge on any atom is -0.300 e. The summed E-state index contributed by atoms with van der Waals surface area (Å²) in [4.78, 5) is 21.6. The average molecular weight is 192 g/mol. The highest BCUT2D eigenvalue weighted by Crippen LogP contribution is 1.94. The summed E-state index contributed by atoms with van der Waals surface area (Å²) >= 11 is 0. The fraction of sp³-hybridized carbons (Fsp3) is 0.500. The molecule has 14 heavy (non-hydrogen) atoms. The van der Waals surface area contributed by atoms with E-state index in [2.05, 4.69) is 11.8 Å². The normalized spacial score (nSPS) is 8.50. The van der Waals surface area contributed by atoms with Gasteiger partial charge in [-0.25, -0.2) is 0 Å². The number of Topliss-reactive ketones (excluding diaryl/α,β-unsaturated/α-hetero) is 1. The van der Waals surface area contributed by atoms with Crippen LogP contribution in [0.2, 0.25) is 0 Å². The highest BCUT2D eigenvalue weighted by atomic mass is 16.1. The molecule has 0 radical (unpaired) electrons. The SMILES string of the molecule is CC(=O)CCCC#CC(=O)C=C(C)C. The molecule has 0 bridgehead atoms. The average Bonchev–Trinajstić information content (AvgIpc) is 2.01. The Morgan fingerprint density at radius 3 is 2.36 bits per heavy atom. The molecule has 0 aliphatic carbocycles. The Bertz CT molecular complexity index is 296. The van der Waals surface area contributed by atoms with Crippen molar-refractivity contribution in [1.82, 2.24) is 0 Å². The molecule has 2 nitrogen and oxygen atoms in total. The minimum atomic E-state index is -0.159. The Morgan fingerprint density at radius 1 is 1.21 bits per heavy atom. The molecule has 0 aliphatic heterocycles. The third kappa shape index (κ3) is 8.73. The van der Waals surface area contributed by atoms with Crippen LogP contribution in [0.15, 0.2) is 11.6 Å². The van der Waals surface area contributed by atoms with Crippen molar-refractivity contribution in [1.29, 1.82) is 0 Å². The van der Waals surface area contributed by atoms with Crippen LogP contribution >= 0.6 is 0 Å². The van der Waals surface area contributed by atoms with Crippen molar-refractivity contribution in [2.24, 2.45) is 0 Å². The molecule has 0 fully saturated rings. The van der Waals surface area contributed by atoms with Crippen LogP contribution in [0.25, 0.3) is 0 Å². The van der Waals surface area contributed by atoms with E-state index in [1.807, 2.05) is 13.8 Å². The summed E-state index contributed by atoms with van der Waals surface area (Å²) in [5.74, 6) is 5.27. The van der Waals surface area contributed by atoms with E-state index < -0.39 is 0 Å². The first-order chi connectivity index (χ1) is 6.52. The lowest BCUT2D eigenvalue weighted by atomic mass is 10.2. The van der Waals surface area contributed by atoms with Gasteiger partial charge >= 0.3 is 0 Å². The Hall–Kier alpha value is -1.36. The van der Waals surface area contributed by atoms with Crippen LogP contribution in [-0.2, 0) is 9.59 Å². The van der Waals surface area contributed by atoms with E-state index >= 15 is 0 Å². The molecule has 0 amide bonds. The van der Waals surface area contributed by atoms with Gasteiger partial charge in [0.2, 0.25) is 5.78 Å². The Morgan fingerprint density at radius 2 is 1.86 bits per heavy atom. The van der Waals surface area contributed by atoms with Crippen LogP contribution in [0.1, 0.15) is 40.0 Å². The molecule has 0 aliphatic rings. The van der Waals surface area contributed by atoms with Crippen molar-refractivity contribution < 1.29 is 9.59 Å². The van der Waals surface area contributed by atoms with Gasteiger partial charge in [-0.05, 0) is 39.2 Å². The standard InChI is InChI=1S/C12H16O2/c1-10(2)9-12(14)8-6-4-5-7-11(3)13/h9H,4-5,7H2,1-3H3. The first-order valence-corrected chi connectivity index (χ1v) is 4.69. The topological polar surface area (TPSA) is 34.1 Å². The van der Waals surface area contributed by atoms with E-state index in [-0.39, 0.29) is 11.6 Å². The molecule has 0 atom stereocenters. The van der Waals surface area contributed by atoms with Gasteiger partial charge < -0.3 is 4.79 Å². The van der Waals surface area contributed by atoms with Gasteiger partial charge in [0.1, 0.15) is 5.78 Å². The summed E-state index contributed by atoms with van der Waals surface area (Å²) in [6, 6.07) is 0. The lowest BCUT2D eigenvalue weighted by molar-refractivity contribution is -0.117. The van der Waals surface area contributed by atoms with Crippen LogP contribution < -0.4 is 0 Å². The number of unbranched alkanes of at least 4 members (excludes halogenated alkanes) is 1. The fourth-order valence-corrected chi connectivity index (χ4v) is 0.874. The number of carbonyl (C=O) groups is 2. The van der Waals surface area contributed by atoms with Crippen LogP contribution in [0.4, 0.5) is 0 Å². The van der Waals surface area contributed by atoms with E-state index in [0.717, 1.165) is 12.0 Å². The second-order valence-electron chi connectivity index (χ2n) is 3.44. The Kier molecular flexibility index (Phi) is 6.39. The van der Waals surface area contributed by atoms with Crippen molar-refractivity contribution in [2.75, 3.05) is 0 Å². The summed E-state index contributed by atoms with van der Waals surface area (Å²) in [5, 5.41) is 0. The number of hydrogen-bond acceptors (Lipinski definition) is 2. The van der Waals surface area contributed by atoms with Gasteiger partial charge in [0.05, 0.1) is 0 Å². The van der Waals surface area contributed by atoms with Gasteiger partial charge in [0.25, 0.3) is 0 Å². The number of hydrogen-bond donors (Lipinski definition) is 0. The van der Waals surface area contributed by atoms with Gasteiger partial charge in [-0.3, -0.25) is 4.79 Å². The van der Waals surface area contributed by atoms with Crippen molar-refractivity contribution in [3.63, 3.8) is 0 Å². The smallest absolute Gasteiger partial charge is 0.228 e. The summed E-state index contributed by atoms with van der Waals surface area (Å²) < 4.78 is 0. The zero-order chi connectivity index (χ0) is 11.0. The lowest BCUT2D eigenvalue weighted by Crippen LogP contribution is -1.89. The van der Waals surface area contributed by atoms with Crippen molar-refractivity contribution in [3.8, 4) is 11.8 Å². The molecule has 0 saturated carbocycles. The van der Waals surface area contributed by atoms with Gasteiger partial charge in [-0.15, -0.1) is 0 Å². The van der Waals surface area contributed by atoms with Crippen molar-refractivity contribution in [2.45, 2.75) is 40.0 Å². The second-order valence-corrected chi connectivity index (χ2v) is 3.44. The van der Waals surface area contributed by atoms with Gasteiger partial charge in [0.15, 0.2) is 0 Å². The van der Waals surface area contributed by atoms with Crippen molar-refractivity contribution >= 4 is 11.6 Å². The maximum absolute atomic E-state index is 11.0. The molecule has 2 heteroatoms. The van der Waals surface area contributed by atoms with E-state index in [0.29, 0.717) is 12.8 Å². The molecule has 0 spiro atoms. The number of rotatable bonds is 4. The lowest BCUT2D eigenvalue weighted by Gasteiger charge is -1.88. The first-order valence-electron chi connectivity index (χ1n) is 4.69. The molecule has 0 aromatic rings. The molecule has 0 rings (SSSR count). The second kappa shape index (κ2) is 7.08. The van der Waals surface area contributed by atoms with E-state index in [1.165, 1.54) is 6.08 Å². The number of allylic oxidation sites excluding steroid dienone is 2. The van der Waals surface area contributed by atoms with Crippen LogP contribution in [-0.4, -0.2) is 11.6 Å². The molecule has 0 heterocycles. The molecular weight excluding hydrogens is 176 g/mol. The fourth-order valence-electron chi connectivity index (χ4n) is 0.874. The molecule has 0 aromatic carbocycles. The number of ketones is 2. The summed E-state index contributed by atoms with van der Waals surface area (Å²) in [6.45, 7) is 5.27. The van der Waals surface area contributed by atoms with Crippen LogP contribution in [0, 0.1) is 11.8 Å². The predicted molar refractivity (Wildman–Crippen MR) is 56.7 cm³/mol. The Labute approximate surface area is 85.4 Å². The third-order valence-corrected chi connectivity index (χ3v) is 1.46. The van der Waals surface area contributed by atoms with Crippen molar-refractivity contribution in [3.05, 3.63) is 11.6 Å². The molecule has 0 N–H and O–H groups in total. The Balaban J connectivity index is 3.78. The van der Waals surface area contributed by atoms with Crippen LogP contribution in [0.3, 0.4) is 0 Å². The minimum absolute atomic E-state index is 0.159.